The summed E-state index contributed by atoms with van der Waals surface area (Å²) in [7, 11) is 2.10. The van der Waals surface area contributed by atoms with E-state index >= 15 is 0 Å². The zero-order valence-corrected chi connectivity index (χ0v) is 9.45. The van der Waals surface area contributed by atoms with Gasteiger partial charge >= 0.3 is 0 Å². The Morgan fingerprint density at radius 1 is 1.25 bits per heavy atom. The van der Waals surface area contributed by atoms with Gasteiger partial charge in [-0.25, -0.2) is 0 Å². The average Bonchev–Trinajstić information content (AvgIpc) is 2.03. The van der Waals surface area contributed by atoms with Crippen LogP contribution in [0.5, 0.6) is 0 Å². The van der Waals surface area contributed by atoms with E-state index in [4.69, 9.17) is 0 Å². The molecule has 0 heterocycles. The van der Waals surface area contributed by atoms with Crippen LogP contribution in [-0.4, -0.2) is 24.6 Å². The number of hydrogen-bond acceptors (Lipinski definition) is 2. The molecule has 1 N–H and O–H groups in total. The van der Waals surface area contributed by atoms with Crippen molar-refractivity contribution in [3.05, 3.63) is 0 Å². The summed E-state index contributed by atoms with van der Waals surface area (Å²) in [5, 5.41) is 4.27. The van der Waals surface area contributed by atoms with Gasteiger partial charge in [-0.2, -0.15) is 11.8 Å². The first-order chi connectivity index (χ1) is 5.69. The van der Waals surface area contributed by atoms with Crippen LogP contribution in [0, 0.1) is 11.8 Å². The molecule has 12 heavy (non-hydrogen) atoms. The molecule has 0 saturated heterocycles. The van der Waals surface area contributed by atoms with Crippen molar-refractivity contribution in [3.63, 3.8) is 0 Å². The van der Waals surface area contributed by atoms with Crippen molar-refractivity contribution in [2.45, 2.75) is 38.0 Å². The Hall–Kier alpha value is 0.310. The van der Waals surface area contributed by atoms with Crippen LogP contribution in [0.4, 0.5) is 0 Å². The molecule has 1 rings (SSSR count). The van der Waals surface area contributed by atoms with Gasteiger partial charge in [0.15, 0.2) is 0 Å². The van der Waals surface area contributed by atoms with E-state index in [2.05, 4.69) is 32.5 Å². The Morgan fingerprint density at radius 2 is 1.92 bits per heavy atom. The third-order valence-corrected chi connectivity index (χ3v) is 4.37. The molecule has 0 bridgehead atoms. The lowest BCUT2D eigenvalue weighted by molar-refractivity contribution is 0.257. The maximum absolute atomic E-state index is 3.44. The molecule has 1 nitrogen and oxygen atoms in total. The molecule has 1 aliphatic rings. The van der Waals surface area contributed by atoms with Crippen LogP contribution < -0.4 is 5.32 Å². The fourth-order valence-electron chi connectivity index (χ4n) is 2.51. The minimum Gasteiger partial charge on any atom is -0.316 e. The summed E-state index contributed by atoms with van der Waals surface area (Å²) in [5.41, 5.74) is 0. The van der Waals surface area contributed by atoms with Crippen molar-refractivity contribution in [1.29, 1.82) is 0 Å². The van der Waals surface area contributed by atoms with Crippen molar-refractivity contribution in [2.24, 2.45) is 11.8 Å². The second kappa shape index (κ2) is 4.52. The van der Waals surface area contributed by atoms with Gasteiger partial charge in [0.25, 0.3) is 0 Å². The molecule has 0 amide bonds. The van der Waals surface area contributed by atoms with Gasteiger partial charge in [0.2, 0.25) is 0 Å². The predicted octanol–water partition coefficient (Wildman–Crippen LogP) is 2.37. The maximum atomic E-state index is 3.44. The van der Waals surface area contributed by atoms with Gasteiger partial charge in [-0.05, 0) is 38.0 Å². The minimum absolute atomic E-state index is 0.735. The van der Waals surface area contributed by atoms with Gasteiger partial charge in [0.1, 0.15) is 0 Å². The van der Waals surface area contributed by atoms with E-state index in [-0.39, 0.29) is 0 Å². The van der Waals surface area contributed by atoms with Crippen molar-refractivity contribution >= 4 is 11.8 Å². The normalized spacial score (nSPS) is 43.0. The molecular formula is C10H21NS. The van der Waals surface area contributed by atoms with Crippen molar-refractivity contribution < 1.29 is 0 Å². The first-order valence-corrected chi connectivity index (χ1v) is 6.17. The molecule has 2 heteroatoms. The molecular weight excluding hydrogens is 166 g/mol. The van der Waals surface area contributed by atoms with Gasteiger partial charge in [-0.1, -0.05) is 13.8 Å². The maximum Gasteiger partial charge on any atom is 0.0224 e. The lowest BCUT2D eigenvalue weighted by Crippen LogP contribution is -2.44. The molecule has 0 radical (unpaired) electrons. The summed E-state index contributed by atoms with van der Waals surface area (Å²) >= 11 is 2.03. The fourth-order valence-corrected chi connectivity index (χ4v) is 3.66. The summed E-state index contributed by atoms with van der Waals surface area (Å²) in [4.78, 5) is 0. The Labute approximate surface area is 80.7 Å². The van der Waals surface area contributed by atoms with Crippen molar-refractivity contribution in [3.8, 4) is 0 Å². The summed E-state index contributed by atoms with van der Waals surface area (Å²) < 4.78 is 0. The highest BCUT2D eigenvalue weighted by Gasteiger charge is 2.32. The zero-order valence-electron chi connectivity index (χ0n) is 8.63. The second-order valence-corrected chi connectivity index (χ2v) is 5.17. The SMILES string of the molecule is CNC1CC(C)CC(C)C1SC. The van der Waals surface area contributed by atoms with Gasteiger partial charge in [0, 0.05) is 11.3 Å². The third-order valence-electron chi connectivity index (χ3n) is 3.03. The number of hydrogen-bond donors (Lipinski definition) is 1. The van der Waals surface area contributed by atoms with E-state index < -0.39 is 0 Å². The molecule has 0 aromatic heterocycles. The van der Waals surface area contributed by atoms with Gasteiger partial charge in [-0.3, -0.25) is 0 Å². The van der Waals surface area contributed by atoms with Crippen molar-refractivity contribution in [1.82, 2.24) is 5.32 Å². The van der Waals surface area contributed by atoms with Crippen LogP contribution in [-0.2, 0) is 0 Å². The van der Waals surface area contributed by atoms with E-state index in [1.165, 1.54) is 12.8 Å². The largest absolute Gasteiger partial charge is 0.316 e. The van der Waals surface area contributed by atoms with Crippen LogP contribution >= 0.6 is 11.8 Å². The topological polar surface area (TPSA) is 12.0 Å². The van der Waals surface area contributed by atoms with Crippen LogP contribution in [0.15, 0.2) is 0 Å². The highest BCUT2D eigenvalue weighted by molar-refractivity contribution is 7.99. The molecule has 1 aliphatic carbocycles. The highest BCUT2D eigenvalue weighted by Crippen LogP contribution is 2.35. The quantitative estimate of drug-likeness (QED) is 0.712. The molecule has 0 aliphatic heterocycles. The smallest absolute Gasteiger partial charge is 0.0224 e. The molecule has 0 aromatic rings. The molecule has 0 aromatic carbocycles. The Kier molecular flexibility index (Phi) is 3.91. The van der Waals surface area contributed by atoms with Crippen LogP contribution in [0.3, 0.4) is 0 Å². The Balaban J connectivity index is 2.56. The standard InChI is InChI=1S/C10H21NS/c1-7-5-8(2)10(12-4)9(6-7)11-3/h7-11H,5-6H2,1-4H3. The molecule has 1 saturated carbocycles. The lowest BCUT2D eigenvalue weighted by Gasteiger charge is -2.38. The van der Waals surface area contributed by atoms with E-state index in [9.17, 15) is 0 Å². The Morgan fingerprint density at radius 3 is 2.42 bits per heavy atom. The molecule has 0 spiro atoms. The van der Waals surface area contributed by atoms with E-state index in [0.717, 1.165) is 23.1 Å². The van der Waals surface area contributed by atoms with E-state index in [1.54, 1.807) is 0 Å². The number of nitrogens with one attached hydrogen (secondary N) is 1. The Bertz CT molecular complexity index is 138. The number of rotatable bonds is 2. The monoisotopic (exact) mass is 187 g/mol. The predicted molar refractivity (Wildman–Crippen MR) is 57.7 cm³/mol. The molecule has 1 fully saturated rings. The second-order valence-electron chi connectivity index (χ2n) is 4.15. The summed E-state index contributed by atoms with van der Waals surface area (Å²) in [6, 6.07) is 0.735. The molecule has 4 unspecified atom stereocenters. The van der Waals surface area contributed by atoms with E-state index in [1.807, 2.05) is 11.8 Å². The van der Waals surface area contributed by atoms with Crippen molar-refractivity contribution in [2.75, 3.05) is 13.3 Å². The first kappa shape index (κ1) is 10.4. The first-order valence-electron chi connectivity index (χ1n) is 4.89. The van der Waals surface area contributed by atoms with Crippen LogP contribution in [0.1, 0.15) is 26.7 Å². The summed E-state index contributed by atoms with van der Waals surface area (Å²) in [6.45, 7) is 4.76. The molecule has 72 valence electrons. The van der Waals surface area contributed by atoms with Gasteiger partial charge in [-0.15, -0.1) is 0 Å². The third kappa shape index (κ3) is 2.17. The number of thioether (sulfide) groups is 1. The fraction of sp³-hybridized carbons (Fsp3) is 1.00. The average molecular weight is 187 g/mol. The van der Waals surface area contributed by atoms with Crippen LogP contribution in [0.2, 0.25) is 0 Å². The highest BCUT2D eigenvalue weighted by atomic mass is 32.2. The summed E-state index contributed by atoms with van der Waals surface area (Å²) in [5.74, 6) is 1.78. The minimum atomic E-state index is 0.735. The van der Waals surface area contributed by atoms with Gasteiger partial charge < -0.3 is 5.32 Å². The van der Waals surface area contributed by atoms with E-state index in [0.29, 0.717) is 0 Å². The zero-order chi connectivity index (χ0) is 9.14. The van der Waals surface area contributed by atoms with Crippen LogP contribution in [0.25, 0.3) is 0 Å². The lowest BCUT2D eigenvalue weighted by atomic mass is 9.80. The summed E-state index contributed by atoms with van der Waals surface area (Å²) in [6.07, 6.45) is 5.00. The molecule has 4 atom stereocenters. The van der Waals surface area contributed by atoms with Gasteiger partial charge in [0.05, 0.1) is 0 Å².